The quantitative estimate of drug-likeness (QED) is 0.814. The molecule has 5 heteroatoms. The number of carboxylic acids is 1. The third-order valence-electron chi connectivity index (χ3n) is 3.82. The average molecular weight is 329 g/mol. The van der Waals surface area contributed by atoms with Gasteiger partial charge in [0.2, 0.25) is 5.91 Å². The Balaban J connectivity index is 1.95. The van der Waals surface area contributed by atoms with Gasteiger partial charge in [0, 0.05) is 11.6 Å². The SMILES string of the molecule is CC(CCc1cccc(F)c1)C(=O)Nc1ccccc1CC(=O)O. The first-order valence-corrected chi connectivity index (χ1v) is 7.80. The molecule has 0 aliphatic rings. The Hall–Kier alpha value is -2.69. The van der Waals surface area contributed by atoms with Crippen LogP contribution in [0.15, 0.2) is 48.5 Å². The fourth-order valence-electron chi connectivity index (χ4n) is 2.42. The molecular weight excluding hydrogens is 309 g/mol. The van der Waals surface area contributed by atoms with Crippen molar-refractivity contribution in [3.05, 3.63) is 65.5 Å². The number of carboxylic acid groups (broad SMARTS) is 1. The minimum atomic E-state index is -0.948. The number of carbonyl (C=O) groups is 2. The molecule has 1 atom stereocenters. The highest BCUT2D eigenvalue weighted by Crippen LogP contribution is 2.18. The Labute approximate surface area is 140 Å². The number of hydrogen-bond acceptors (Lipinski definition) is 2. The third-order valence-corrected chi connectivity index (χ3v) is 3.82. The van der Waals surface area contributed by atoms with Crippen LogP contribution in [0.3, 0.4) is 0 Å². The van der Waals surface area contributed by atoms with Gasteiger partial charge in [-0.05, 0) is 42.2 Å². The summed E-state index contributed by atoms with van der Waals surface area (Å²) in [7, 11) is 0. The van der Waals surface area contributed by atoms with Crippen LogP contribution in [0.2, 0.25) is 0 Å². The molecular formula is C19H20FNO3. The minimum Gasteiger partial charge on any atom is -0.481 e. The van der Waals surface area contributed by atoms with E-state index in [9.17, 15) is 14.0 Å². The fourth-order valence-corrected chi connectivity index (χ4v) is 2.42. The van der Waals surface area contributed by atoms with E-state index in [0.29, 0.717) is 24.1 Å². The molecule has 0 aromatic heterocycles. The highest BCUT2D eigenvalue weighted by Gasteiger charge is 2.15. The van der Waals surface area contributed by atoms with Gasteiger partial charge >= 0.3 is 5.97 Å². The largest absolute Gasteiger partial charge is 0.481 e. The van der Waals surface area contributed by atoms with Gasteiger partial charge in [-0.25, -0.2) is 4.39 Å². The Kier molecular flexibility index (Phi) is 6.07. The van der Waals surface area contributed by atoms with Crippen molar-refractivity contribution < 1.29 is 19.1 Å². The third kappa shape index (κ3) is 5.19. The van der Waals surface area contributed by atoms with Gasteiger partial charge < -0.3 is 10.4 Å². The molecule has 24 heavy (non-hydrogen) atoms. The highest BCUT2D eigenvalue weighted by atomic mass is 19.1. The first kappa shape index (κ1) is 17.7. The number of carbonyl (C=O) groups excluding carboxylic acids is 1. The van der Waals surface area contributed by atoms with E-state index in [4.69, 9.17) is 5.11 Å². The molecule has 0 heterocycles. The molecule has 2 N–H and O–H groups in total. The standard InChI is InChI=1S/C19H20FNO3/c1-13(9-10-14-5-4-7-16(20)11-14)19(24)21-17-8-3-2-6-15(17)12-18(22)23/h2-8,11,13H,9-10,12H2,1H3,(H,21,24)(H,22,23). The predicted molar refractivity (Wildman–Crippen MR) is 90.3 cm³/mol. The Morgan fingerprint density at radius 2 is 1.92 bits per heavy atom. The second-order valence-electron chi connectivity index (χ2n) is 5.79. The van der Waals surface area contributed by atoms with Gasteiger partial charge in [0.15, 0.2) is 0 Å². The van der Waals surface area contributed by atoms with Crippen LogP contribution in [-0.2, 0) is 22.4 Å². The summed E-state index contributed by atoms with van der Waals surface area (Å²) in [5, 5.41) is 11.7. The second-order valence-corrected chi connectivity index (χ2v) is 5.79. The number of nitrogens with one attached hydrogen (secondary N) is 1. The zero-order chi connectivity index (χ0) is 17.5. The zero-order valence-electron chi connectivity index (χ0n) is 13.5. The van der Waals surface area contributed by atoms with Crippen LogP contribution in [0, 0.1) is 11.7 Å². The molecule has 0 aliphatic carbocycles. The monoisotopic (exact) mass is 329 g/mol. The summed E-state index contributed by atoms with van der Waals surface area (Å²) < 4.78 is 13.2. The number of rotatable bonds is 7. The molecule has 2 aromatic rings. The Morgan fingerprint density at radius 1 is 1.17 bits per heavy atom. The van der Waals surface area contributed by atoms with Crippen molar-refractivity contribution in [2.75, 3.05) is 5.32 Å². The number of aliphatic carboxylic acids is 1. The number of halogens is 1. The normalized spacial score (nSPS) is 11.8. The van der Waals surface area contributed by atoms with Crippen LogP contribution in [0.5, 0.6) is 0 Å². The molecule has 126 valence electrons. The summed E-state index contributed by atoms with van der Waals surface area (Å²) in [6.07, 6.45) is 1.04. The van der Waals surface area contributed by atoms with Crippen LogP contribution < -0.4 is 5.32 Å². The molecule has 1 amide bonds. The number of para-hydroxylation sites is 1. The summed E-state index contributed by atoms with van der Waals surface area (Å²) in [6, 6.07) is 13.2. The number of benzene rings is 2. The van der Waals surface area contributed by atoms with Crippen LogP contribution in [-0.4, -0.2) is 17.0 Å². The van der Waals surface area contributed by atoms with Crippen LogP contribution in [0.4, 0.5) is 10.1 Å². The number of amides is 1. The van der Waals surface area contributed by atoms with Crippen molar-refractivity contribution in [3.63, 3.8) is 0 Å². The van der Waals surface area contributed by atoms with Gasteiger partial charge in [-0.2, -0.15) is 0 Å². The van der Waals surface area contributed by atoms with Gasteiger partial charge in [-0.15, -0.1) is 0 Å². The van der Waals surface area contributed by atoms with Crippen LogP contribution >= 0.6 is 0 Å². The van der Waals surface area contributed by atoms with Gasteiger partial charge in [-0.1, -0.05) is 37.3 Å². The lowest BCUT2D eigenvalue weighted by Gasteiger charge is -2.14. The molecule has 2 aromatic carbocycles. The van der Waals surface area contributed by atoms with Crippen molar-refractivity contribution in [1.82, 2.24) is 0 Å². The molecule has 1 unspecified atom stereocenters. The smallest absolute Gasteiger partial charge is 0.307 e. The topological polar surface area (TPSA) is 66.4 Å². The summed E-state index contributed by atoms with van der Waals surface area (Å²) in [5.74, 6) is -1.68. The summed E-state index contributed by atoms with van der Waals surface area (Å²) in [6.45, 7) is 1.80. The highest BCUT2D eigenvalue weighted by molar-refractivity contribution is 5.93. The molecule has 0 saturated heterocycles. The van der Waals surface area contributed by atoms with E-state index < -0.39 is 5.97 Å². The van der Waals surface area contributed by atoms with E-state index in [1.54, 1.807) is 37.3 Å². The van der Waals surface area contributed by atoms with Crippen LogP contribution in [0.1, 0.15) is 24.5 Å². The van der Waals surface area contributed by atoms with E-state index in [-0.39, 0.29) is 24.1 Å². The van der Waals surface area contributed by atoms with E-state index in [2.05, 4.69) is 5.32 Å². The molecule has 2 rings (SSSR count). The Morgan fingerprint density at radius 3 is 2.62 bits per heavy atom. The van der Waals surface area contributed by atoms with E-state index in [0.717, 1.165) is 5.56 Å². The summed E-state index contributed by atoms with van der Waals surface area (Å²) in [5.41, 5.74) is 1.93. The molecule has 0 saturated carbocycles. The first-order valence-electron chi connectivity index (χ1n) is 7.80. The fraction of sp³-hybridized carbons (Fsp3) is 0.263. The van der Waals surface area contributed by atoms with Crippen molar-refractivity contribution in [1.29, 1.82) is 0 Å². The van der Waals surface area contributed by atoms with Gasteiger partial charge in [-0.3, -0.25) is 9.59 Å². The number of aryl methyl sites for hydroxylation is 1. The van der Waals surface area contributed by atoms with Gasteiger partial charge in [0.25, 0.3) is 0 Å². The minimum absolute atomic E-state index is 0.145. The maximum absolute atomic E-state index is 13.2. The lowest BCUT2D eigenvalue weighted by molar-refractivity contribution is -0.136. The first-order chi connectivity index (χ1) is 11.5. The van der Waals surface area contributed by atoms with Gasteiger partial charge in [0.1, 0.15) is 5.82 Å². The van der Waals surface area contributed by atoms with Crippen LogP contribution in [0.25, 0.3) is 0 Å². The predicted octanol–water partition coefficient (Wildman–Crippen LogP) is 3.66. The maximum atomic E-state index is 13.2. The molecule has 0 bridgehead atoms. The van der Waals surface area contributed by atoms with Gasteiger partial charge in [0.05, 0.1) is 6.42 Å². The van der Waals surface area contributed by atoms with E-state index in [1.165, 1.54) is 12.1 Å². The molecule has 0 radical (unpaired) electrons. The Bertz CT molecular complexity index is 730. The van der Waals surface area contributed by atoms with Crippen molar-refractivity contribution >= 4 is 17.6 Å². The lowest BCUT2D eigenvalue weighted by atomic mass is 10.00. The van der Waals surface area contributed by atoms with Crippen molar-refractivity contribution in [2.45, 2.75) is 26.2 Å². The molecule has 0 fully saturated rings. The summed E-state index contributed by atoms with van der Waals surface area (Å²) in [4.78, 5) is 23.2. The number of hydrogen-bond donors (Lipinski definition) is 2. The molecule has 4 nitrogen and oxygen atoms in total. The summed E-state index contributed by atoms with van der Waals surface area (Å²) >= 11 is 0. The maximum Gasteiger partial charge on any atom is 0.307 e. The van der Waals surface area contributed by atoms with Crippen molar-refractivity contribution in [2.24, 2.45) is 5.92 Å². The van der Waals surface area contributed by atoms with E-state index in [1.807, 2.05) is 6.07 Å². The molecule has 0 spiro atoms. The number of anilines is 1. The lowest BCUT2D eigenvalue weighted by Crippen LogP contribution is -2.22. The molecule has 0 aliphatic heterocycles. The second kappa shape index (κ2) is 8.24. The zero-order valence-corrected chi connectivity index (χ0v) is 13.5. The van der Waals surface area contributed by atoms with E-state index >= 15 is 0 Å². The van der Waals surface area contributed by atoms with Crippen molar-refractivity contribution in [3.8, 4) is 0 Å². The average Bonchev–Trinajstić information content (AvgIpc) is 2.54.